The largest absolute Gasteiger partial charge is 0.355 e. The van der Waals surface area contributed by atoms with Crippen LogP contribution in [0.3, 0.4) is 0 Å². The summed E-state index contributed by atoms with van der Waals surface area (Å²) < 4.78 is 27.3. The van der Waals surface area contributed by atoms with Gasteiger partial charge in [-0.2, -0.15) is 0 Å². The molecule has 1 rings (SSSR count). The minimum Gasteiger partial charge on any atom is -0.355 e. The summed E-state index contributed by atoms with van der Waals surface area (Å²) in [5.74, 6) is -0.443. The number of rotatable bonds is 11. The van der Waals surface area contributed by atoms with Crippen molar-refractivity contribution in [3.05, 3.63) is 29.3 Å². The SMILES string of the molecule is CCCNC(=O)CN(CCC)C(=O)CCNS(=O)(=O)c1ccc(C)cc1C. The highest BCUT2D eigenvalue weighted by atomic mass is 32.2. The zero-order valence-electron chi connectivity index (χ0n) is 16.7. The maximum absolute atomic E-state index is 12.4. The molecule has 7 nitrogen and oxygen atoms in total. The van der Waals surface area contributed by atoms with Crippen LogP contribution in [0.5, 0.6) is 0 Å². The van der Waals surface area contributed by atoms with E-state index < -0.39 is 10.0 Å². The minimum atomic E-state index is -3.68. The molecule has 0 fully saturated rings. The van der Waals surface area contributed by atoms with Crippen LogP contribution < -0.4 is 10.0 Å². The van der Waals surface area contributed by atoms with E-state index in [1.807, 2.05) is 20.8 Å². The van der Waals surface area contributed by atoms with Crippen LogP contribution in [-0.2, 0) is 19.6 Å². The summed E-state index contributed by atoms with van der Waals surface area (Å²) in [6.07, 6.45) is 1.56. The van der Waals surface area contributed by atoms with Crippen molar-refractivity contribution in [1.82, 2.24) is 14.9 Å². The van der Waals surface area contributed by atoms with E-state index in [0.29, 0.717) is 18.7 Å². The number of nitrogens with one attached hydrogen (secondary N) is 2. The first-order chi connectivity index (χ1) is 12.7. The highest BCUT2D eigenvalue weighted by Gasteiger charge is 2.19. The Morgan fingerprint density at radius 2 is 1.78 bits per heavy atom. The van der Waals surface area contributed by atoms with Crippen molar-refractivity contribution < 1.29 is 18.0 Å². The van der Waals surface area contributed by atoms with Gasteiger partial charge in [0.15, 0.2) is 0 Å². The zero-order chi connectivity index (χ0) is 20.4. The summed E-state index contributed by atoms with van der Waals surface area (Å²) >= 11 is 0. The smallest absolute Gasteiger partial charge is 0.240 e. The van der Waals surface area contributed by atoms with Crippen LogP contribution >= 0.6 is 0 Å². The lowest BCUT2D eigenvalue weighted by molar-refractivity contribution is -0.136. The fourth-order valence-corrected chi connectivity index (χ4v) is 3.94. The standard InChI is InChI=1S/C19H31N3O4S/c1-5-10-20-18(23)14-22(12-6-2)19(24)9-11-21-27(25,26)17-8-7-15(3)13-16(17)4/h7-8,13,21H,5-6,9-12,14H2,1-4H3,(H,20,23). The van der Waals surface area contributed by atoms with E-state index in [2.05, 4.69) is 10.0 Å². The second-order valence-corrected chi connectivity index (χ2v) is 8.32. The molecule has 0 aromatic heterocycles. The zero-order valence-corrected chi connectivity index (χ0v) is 17.5. The fraction of sp³-hybridized carbons (Fsp3) is 0.579. The molecule has 27 heavy (non-hydrogen) atoms. The van der Waals surface area contributed by atoms with Crippen molar-refractivity contribution in [1.29, 1.82) is 0 Å². The molecule has 1 aromatic carbocycles. The Labute approximate surface area is 162 Å². The molecule has 0 saturated heterocycles. The molecule has 0 unspecified atom stereocenters. The average molecular weight is 398 g/mol. The molecule has 152 valence electrons. The Morgan fingerprint density at radius 1 is 1.07 bits per heavy atom. The van der Waals surface area contributed by atoms with Crippen LogP contribution in [0.2, 0.25) is 0 Å². The summed E-state index contributed by atoms with van der Waals surface area (Å²) in [5, 5.41) is 2.74. The van der Waals surface area contributed by atoms with Crippen molar-refractivity contribution in [2.45, 2.75) is 51.9 Å². The van der Waals surface area contributed by atoms with E-state index in [-0.39, 0.29) is 36.2 Å². The molecule has 0 bridgehead atoms. The molecule has 0 heterocycles. The predicted octanol–water partition coefficient (Wildman–Crippen LogP) is 1.74. The Morgan fingerprint density at radius 3 is 2.37 bits per heavy atom. The number of hydrogen-bond acceptors (Lipinski definition) is 4. The van der Waals surface area contributed by atoms with Gasteiger partial charge in [0.2, 0.25) is 21.8 Å². The number of amides is 2. The molecule has 2 N–H and O–H groups in total. The van der Waals surface area contributed by atoms with Crippen molar-refractivity contribution >= 4 is 21.8 Å². The van der Waals surface area contributed by atoms with Gasteiger partial charge >= 0.3 is 0 Å². The molecule has 0 radical (unpaired) electrons. The van der Waals surface area contributed by atoms with E-state index in [1.54, 1.807) is 25.1 Å². The fourth-order valence-electron chi connectivity index (χ4n) is 2.68. The van der Waals surface area contributed by atoms with Gasteiger partial charge in [0.25, 0.3) is 0 Å². The molecule has 1 aromatic rings. The first kappa shape index (κ1) is 23.1. The quantitative estimate of drug-likeness (QED) is 0.594. The highest BCUT2D eigenvalue weighted by Crippen LogP contribution is 2.16. The molecule has 0 aliphatic rings. The average Bonchev–Trinajstić information content (AvgIpc) is 2.58. The Balaban J connectivity index is 2.63. The molecule has 8 heteroatoms. The van der Waals surface area contributed by atoms with Crippen LogP contribution in [0, 0.1) is 13.8 Å². The van der Waals surface area contributed by atoms with E-state index in [4.69, 9.17) is 0 Å². The third-order valence-corrected chi connectivity index (χ3v) is 5.63. The number of nitrogens with zero attached hydrogens (tertiary/aromatic N) is 1. The van der Waals surface area contributed by atoms with E-state index in [0.717, 1.165) is 18.4 Å². The second-order valence-electron chi connectivity index (χ2n) is 6.58. The van der Waals surface area contributed by atoms with Crippen molar-refractivity contribution in [2.24, 2.45) is 0 Å². The predicted molar refractivity (Wildman–Crippen MR) is 106 cm³/mol. The molecule has 2 amide bonds. The Bertz CT molecular complexity index is 747. The number of carbonyl (C=O) groups excluding carboxylic acids is 2. The van der Waals surface area contributed by atoms with Gasteiger partial charge in [-0.05, 0) is 38.3 Å². The first-order valence-electron chi connectivity index (χ1n) is 9.32. The monoisotopic (exact) mass is 397 g/mol. The van der Waals surface area contributed by atoms with Crippen LogP contribution in [0.25, 0.3) is 0 Å². The minimum absolute atomic E-state index is 0.00348. The summed E-state index contributed by atoms with van der Waals surface area (Å²) in [4.78, 5) is 25.9. The maximum Gasteiger partial charge on any atom is 0.240 e. The lowest BCUT2D eigenvalue weighted by Crippen LogP contribution is -2.42. The first-order valence-corrected chi connectivity index (χ1v) is 10.8. The second kappa shape index (κ2) is 11.0. The Kier molecular flexibility index (Phi) is 9.45. The van der Waals surface area contributed by atoms with E-state index in [1.165, 1.54) is 4.90 Å². The summed E-state index contributed by atoms with van der Waals surface area (Å²) in [6, 6.07) is 5.11. The summed E-state index contributed by atoms with van der Waals surface area (Å²) in [6.45, 7) is 8.54. The van der Waals surface area contributed by atoms with Gasteiger partial charge in [-0.1, -0.05) is 31.5 Å². The van der Waals surface area contributed by atoms with E-state index in [9.17, 15) is 18.0 Å². The van der Waals surface area contributed by atoms with Gasteiger partial charge in [0.05, 0.1) is 11.4 Å². The number of aryl methyl sites for hydroxylation is 2. The lowest BCUT2D eigenvalue weighted by atomic mass is 10.2. The third kappa shape index (κ3) is 7.68. The molecule has 0 atom stereocenters. The summed E-state index contributed by atoms with van der Waals surface area (Å²) in [7, 11) is -3.68. The van der Waals surface area contributed by atoms with E-state index >= 15 is 0 Å². The maximum atomic E-state index is 12.4. The normalized spacial score (nSPS) is 11.3. The van der Waals surface area contributed by atoms with Crippen LogP contribution in [-0.4, -0.2) is 51.3 Å². The molecule has 0 spiro atoms. The topological polar surface area (TPSA) is 95.6 Å². The van der Waals surface area contributed by atoms with Gasteiger partial charge in [0, 0.05) is 26.1 Å². The third-order valence-electron chi connectivity index (χ3n) is 4.00. The van der Waals surface area contributed by atoms with Crippen LogP contribution in [0.4, 0.5) is 0 Å². The summed E-state index contributed by atoms with van der Waals surface area (Å²) in [5.41, 5.74) is 1.65. The molecular formula is C19H31N3O4S. The van der Waals surface area contributed by atoms with Crippen molar-refractivity contribution in [3.8, 4) is 0 Å². The number of hydrogen-bond donors (Lipinski definition) is 2. The van der Waals surface area contributed by atoms with Gasteiger partial charge in [-0.25, -0.2) is 13.1 Å². The van der Waals surface area contributed by atoms with Gasteiger partial charge in [-0.15, -0.1) is 0 Å². The highest BCUT2D eigenvalue weighted by molar-refractivity contribution is 7.89. The number of benzene rings is 1. The molecule has 0 aliphatic carbocycles. The van der Waals surface area contributed by atoms with Gasteiger partial charge in [0.1, 0.15) is 0 Å². The molecular weight excluding hydrogens is 366 g/mol. The number of sulfonamides is 1. The van der Waals surface area contributed by atoms with Crippen molar-refractivity contribution in [2.75, 3.05) is 26.2 Å². The van der Waals surface area contributed by atoms with Gasteiger partial charge < -0.3 is 10.2 Å². The van der Waals surface area contributed by atoms with Crippen molar-refractivity contribution in [3.63, 3.8) is 0 Å². The van der Waals surface area contributed by atoms with Gasteiger partial charge in [-0.3, -0.25) is 9.59 Å². The Hall–Kier alpha value is -1.93. The number of carbonyl (C=O) groups is 2. The molecule has 0 aliphatic heterocycles. The lowest BCUT2D eigenvalue weighted by Gasteiger charge is -2.21. The molecule has 0 saturated carbocycles. The van der Waals surface area contributed by atoms with Crippen LogP contribution in [0.1, 0.15) is 44.2 Å². The van der Waals surface area contributed by atoms with Crippen LogP contribution in [0.15, 0.2) is 23.1 Å².